The zero-order chi connectivity index (χ0) is 19.6. The van der Waals surface area contributed by atoms with Crippen LogP contribution in [-0.2, 0) is 16.1 Å². The van der Waals surface area contributed by atoms with Crippen molar-refractivity contribution < 1.29 is 19.1 Å². The Morgan fingerprint density at radius 2 is 1.96 bits per heavy atom. The molecule has 2 rings (SSSR count). The van der Waals surface area contributed by atoms with Crippen molar-refractivity contribution >= 4 is 29.2 Å². The van der Waals surface area contributed by atoms with Gasteiger partial charge in [0.2, 0.25) is 11.8 Å². The fourth-order valence-electron chi connectivity index (χ4n) is 2.40. The van der Waals surface area contributed by atoms with Gasteiger partial charge in [-0.15, -0.1) is 11.3 Å². The summed E-state index contributed by atoms with van der Waals surface area (Å²) < 4.78 is 10.5. The maximum Gasteiger partial charge on any atom is 0.247 e. The molecular weight excluding hydrogens is 364 g/mol. The Labute approximate surface area is 163 Å². The van der Waals surface area contributed by atoms with E-state index in [1.807, 2.05) is 30.5 Å². The fraction of sp³-hybridized carbons (Fsp3) is 0.300. The molecule has 27 heavy (non-hydrogen) atoms. The molecule has 0 bridgehead atoms. The third-order valence-electron chi connectivity index (χ3n) is 3.89. The summed E-state index contributed by atoms with van der Waals surface area (Å²) in [6.07, 6.45) is 3.15. The monoisotopic (exact) mass is 388 g/mol. The highest BCUT2D eigenvalue weighted by Gasteiger charge is 2.13. The van der Waals surface area contributed by atoms with Gasteiger partial charge in [0.1, 0.15) is 0 Å². The molecule has 0 atom stereocenters. The Bertz CT molecular complexity index is 787. The zero-order valence-electron chi connectivity index (χ0n) is 15.7. The van der Waals surface area contributed by atoms with Gasteiger partial charge in [0.25, 0.3) is 0 Å². The summed E-state index contributed by atoms with van der Waals surface area (Å²) >= 11 is 1.58. The van der Waals surface area contributed by atoms with Crippen molar-refractivity contribution in [2.24, 2.45) is 0 Å². The smallest absolute Gasteiger partial charge is 0.247 e. The highest BCUT2D eigenvalue weighted by atomic mass is 32.1. The van der Waals surface area contributed by atoms with Crippen molar-refractivity contribution in [3.05, 3.63) is 52.2 Å². The second kappa shape index (κ2) is 10.4. The molecule has 1 aromatic heterocycles. The van der Waals surface area contributed by atoms with E-state index in [0.717, 1.165) is 10.4 Å². The van der Waals surface area contributed by atoms with Gasteiger partial charge in [0.15, 0.2) is 11.5 Å². The fourth-order valence-corrected chi connectivity index (χ4v) is 3.05. The van der Waals surface area contributed by atoms with Crippen LogP contribution in [0.3, 0.4) is 0 Å². The summed E-state index contributed by atoms with van der Waals surface area (Å²) in [7, 11) is 3.13. The van der Waals surface area contributed by atoms with Crippen molar-refractivity contribution in [1.82, 2.24) is 10.2 Å². The highest BCUT2D eigenvalue weighted by Crippen LogP contribution is 2.27. The first-order valence-electron chi connectivity index (χ1n) is 8.55. The lowest BCUT2D eigenvalue weighted by Gasteiger charge is -2.18. The zero-order valence-corrected chi connectivity index (χ0v) is 16.5. The van der Waals surface area contributed by atoms with E-state index in [4.69, 9.17) is 9.47 Å². The molecule has 0 aliphatic rings. The number of amides is 2. The van der Waals surface area contributed by atoms with Crippen LogP contribution < -0.4 is 14.8 Å². The van der Waals surface area contributed by atoms with E-state index < -0.39 is 0 Å². The molecule has 0 fully saturated rings. The number of carbonyl (C=O) groups is 2. The summed E-state index contributed by atoms with van der Waals surface area (Å²) in [5.41, 5.74) is 0.805. The van der Waals surface area contributed by atoms with Crippen LogP contribution in [0.1, 0.15) is 17.4 Å². The van der Waals surface area contributed by atoms with Gasteiger partial charge in [0.05, 0.1) is 27.3 Å². The van der Waals surface area contributed by atoms with Crippen LogP contribution in [-0.4, -0.2) is 44.0 Å². The molecule has 1 heterocycles. The number of carbonyl (C=O) groups excluding carboxylic acids is 2. The molecule has 2 amide bonds. The van der Waals surface area contributed by atoms with Crippen molar-refractivity contribution in [3.63, 3.8) is 0 Å². The van der Waals surface area contributed by atoms with Crippen LogP contribution in [0.4, 0.5) is 0 Å². The number of likely N-dealkylation sites (N-methyl/N-ethyl adjacent to an activating group) is 1. The number of benzene rings is 1. The van der Waals surface area contributed by atoms with E-state index in [-0.39, 0.29) is 18.4 Å². The first-order valence-corrected chi connectivity index (χ1v) is 9.43. The van der Waals surface area contributed by atoms with Crippen LogP contribution in [0, 0.1) is 0 Å². The first kappa shape index (κ1) is 20.5. The average Bonchev–Trinajstić information content (AvgIpc) is 3.22. The normalized spacial score (nSPS) is 10.6. The maximum absolute atomic E-state index is 12.4. The van der Waals surface area contributed by atoms with Gasteiger partial charge in [-0.05, 0) is 42.1 Å². The van der Waals surface area contributed by atoms with Crippen molar-refractivity contribution in [3.8, 4) is 11.5 Å². The minimum atomic E-state index is -0.224. The predicted molar refractivity (Wildman–Crippen MR) is 107 cm³/mol. The summed E-state index contributed by atoms with van der Waals surface area (Å²) in [5.74, 6) is 0.808. The Morgan fingerprint density at radius 1 is 1.19 bits per heavy atom. The van der Waals surface area contributed by atoms with Crippen LogP contribution in [0.2, 0.25) is 0 Å². The summed E-state index contributed by atoms with van der Waals surface area (Å²) in [4.78, 5) is 27.0. The van der Waals surface area contributed by atoms with Crippen LogP contribution in [0.5, 0.6) is 11.5 Å². The lowest BCUT2D eigenvalue weighted by atomic mass is 10.2. The van der Waals surface area contributed by atoms with Gasteiger partial charge in [-0.2, -0.15) is 0 Å². The van der Waals surface area contributed by atoms with E-state index >= 15 is 0 Å². The number of hydrogen-bond acceptors (Lipinski definition) is 5. The molecule has 0 saturated heterocycles. The molecule has 6 nitrogen and oxygen atoms in total. The molecular formula is C20H24N2O4S. The Balaban J connectivity index is 1.93. The molecule has 2 aromatic rings. The number of methoxy groups -OCH3 is 2. The SMILES string of the molecule is CCN(CC(=O)NCc1cccs1)C(=O)/C=C/c1ccc(OC)c(OC)c1. The van der Waals surface area contributed by atoms with E-state index in [2.05, 4.69) is 5.32 Å². The van der Waals surface area contributed by atoms with Crippen LogP contribution in [0.15, 0.2) is 41.8 Å². The molecule has 0 spiro atoms. The molecule has 0 radical (unpaired) electrons. The number of thiophene rings is 1. The van der Waals surface area contributed by atoms with Crippen molar-refractivity contribution in [2.75, 3.05) is 27.3 Å². The molecule has 7 heteroatoms. The van der Waals surface area contributed by atoms with Gasteiger partial charge < -0.3 is 19.7 Å². The second-order valence-electron chi connectivity index (χ2n) is 5.66. The largest absolute Gasteiger partial charge is 0.493 e. The first-order chi connectivity index (χ1) is 13.1. The minimum absolute atomic E-state index is 0.0248. The lowest BCUT2D eigenvalue weighted by Crippen LogP contribution is -2.39. The van der Waals surface area contributed by atoms with Gasteiger partial charge in [-0.25, -0.2) is 0 Å². The number of hydrogen-bond donors (Lipinski definition) is 1. The van der Waals surface area contributed by atoms with Gasteiger partial charge in [-0.1, -0.05) is 12.1 Å². The van der Waals surface area contributed by atoms with Crippen molar-refractivity contribution in [2.45, 2.75) is 13.5 Å². The number of nitrogens with zero attached hydrogens (tertiary/aromatic N) is 1. The van der Waals surface area contributed by atoms with Crippen molar-refractivity contribution in [1.29, 1.82) is 0 Å². The highest BCUT2D eigenvalue weighted by molar-refractivity contribution is 7.09. The molecule has 1 aromatic carbocycles. The second-order valence-corrected chi connectivity index (χ2v) is 6.69. The third-order valence-corrected chi connectivity index (χ3v) is 4.77. The van der Waals surface area contributed by atoms with Crippen LogP contribution >= 0.6 is 11.3 Å². The molecule has 0 aliphatic carbocycles. The molecule has 0 unspecified atom stereocenters. The molecule has 144 valence electrons. The Hall–Kier alpha value is -2.80. The van der Waals surface area contributed by atoms with E-state index in [9.17, 15) is 9.59 Å². The summed E-state index contributed by atoms with van der Waals surface area (Å²) in [6, 6.07) is 9.28. The van der Waals surface area contributed by atoms with E-state index in [0.29, 0.717) is 24.6 Å². The topological polar surface area (TPSA) is 67.9 Å². The number of nitrogens with one attached hydrogen (secondary N) is 1. The minimum Gasteiger partial charge on any atom is -0.493 e. The maximum atomic E-state index is 12.4. The summed E-state index contributed by atoms with van der Waals surface area (Å²) in [6.45, 7) is 2.79. The molecule has 0 saturated carbocycles. The van der Waals surface area contributed by atoms with E-state index in [1.54, 1.807) is 43.8 Å². The third kappa shape index (κ3) is 6.14. The quantitative estimate of drug-likeness (QED) is 0.671. The van der Waals surface area contributed by atoms with Crippen LogP contribution in [0.25, 0.3) is 6.08 Å². The van der Waals surface area contributed by atoms with Gasteiger partial charge >= 0.3 is 0 Å². The standard InChI is InChI=1S/C20H24N2O4S/c1-4-22(14-19(23)21-13-16-6-5-11-27-16)20(24)10-8-15-7-9-17(25-2)18(12-15)26-3/h5-12H,4,13-14H2,1-3H3,(H,21,23)/b10-8+. The summed E-state index contributed by atoms with van der Waals surface area (Å²) in [5, 5.41) is 4.79. The lowest BCUT2D eigenvalue weighted by molar-refractivity contribution is -0.132. The Kier molecular flexibility index (Phi) is 7.88. The van der Waals surface area contributed by atoms with Gasteiger partial charge in [0, 0.05) is 17.5 Å². The number of rotatable bonds is 9. The Morgan fingerprint density at radius 3 is 2.59 bits per heavy atom. The van der Waals surface area contributed by atoms with E-state index in [1.165, 1.54) is 11.0 Å². The predicted octanol–water partition coefficient (Wildman–Crippen LogP) is 2.94. The molecule has 0 aliphatic heterocycles. The number of ether oxygens (including phenoxy) is 2. The van der Waals surface area contributed by atoms with Gasteiger partial charge in [-0.3, -0.25) is 9.59 Å². The average molecular weight is 388 g/mol. The molecule has 1 N–H and O–H groups in total.